The standard InChI is InChI=1S/C14H19N3O2/c1-10-7-12(5-6-13(10)18-4)8-17(3)9-14-15-11(2)16-19-14/h5-7H,8-9H2,1-4H3. The molecule has 0 fully saturated rings. The van der Waals surface area contributed by atoms with E-state index in [1.165, 1.54) is 5.56 Å². The van der Waals surface area contributed by atoms with Crippen LogP contribution in [-0.4, -0.2) is 29.2 Å². The molecular weight excluding hydrogens is 242 g/mol. The van der Waals surface area contributed by atoms with Crippen molar-refractivity contribution >= 4 is 0 Å². The highest BCUT2D eigenvalue weighted by atomic mass is 16.5. The van der Waals surface area contributed by atoms with Gasteiger partial charge >= 0.3 is 0 Å². The van der Waals surface area contributed by atoms with Gasteiger partial charge in [0.2, 0.25) is 5.89 Å². The number of nitrogens with zero attached hydrogens (tertiary/aromatic N) is 3. The van der Waals surface area contributed by atoms with Crippen LogP contribution in [0.3, 0.4) is 0 Å². The van der Waals surface area contributed by atoms with Gasteiger partial charge in [-0.1, -0.05) is 17.3 Å². The second-order valence-electron chi connectivity index (χ2n) is 4.71. The molecule has 0 atom stereocenters. The third-order valence-corrected chi connectivity index (χ3v) is 2.89. The van der Waals surface area contributed by atoms with Crippen molar-refractivity contribution in [2.24, 2.45) is 0 Å². The minimum Gasteiger partial charge on any atom is -0.496 e. The van der Waals surface area contributed by atoms with Crippen molar-refractivity contribution < 1.29 is 9.26 Å². The van der Waals surface area contributed by atoms with E-state index in [4.69, 9.17) is 9.26 Å². The topological polar surface area (TPSA) is 51.4 Å². The molecule has 1 heterocycles. The van der Waals surface area contributed by atoms with E-state index in [0.717, 1.165) is 17.9 Å². The molecule has 1 aromatic heterocycles. The lowest BCUT2D eigenvalue weighted by Gasteiger charge is -2.15. The van der Waals surface area contributed by atoms with Gasteiger partial charge in [0.25, 0.3) is 0 Å². The monoisotopic (exact) mass is 261 g/mol. The summed E-state index contributed by atoms with van der Waals surface area (Å²) in [6.07, 6.45) is 0. The second kappa shape index (κ2) is 5.84. The first-order valence-corrected chi connectivity index (χ1v) is 6.19. The summed E-state index contributed by atoms with van der Waals surface area (Å²) >= 11 is 0. The zero-order valence-electron chi connectivity index (χ0n) is 11.8. The summed E-state index contributed by atoms with van der Waals surface area (Å²) in [7, 11) is 3.71. The van der Waals surface area contributed by atoms with Crippen LogP contribution in [0.25, 0.3) is 0 Å². The van der Waals surface area contributed by atoms with E-state index in [0.29, 0.717) is 18.3 Å². The van der Waals surface area contributed by atoms with Crippen LogP contribution in [0.2, 0.25) is 0 Å². The van der Waals surface area contributed by atoms with Gasteiger partial charge in [0, 0.05) is 6.54 Å². The van der Waals surface area contributed by atoms with Gasteiger partial charge in [-0.3, -0.25) is 4.90 Å². The maximum atomic E-state index is 5.26. The molecule has 0 aliphatic heterocycles. The molecule has 5 nitrogen and oxygen atoms in total. The SMILES string of the molecule is COc1ccc(CN(C)Cc2nc(C)no2)cc1C. The van der Waals surface area contributed by atoms with Gasteiger partial charge in [-0.2, -0.15) is 4.98 Å². The molecule has 0 saturated heterocycles. The molecule has 2 rings (SSSR count). The fourth-order valence-corrected chi connectivity index (χ4v) is 2.04. The molecule has 1 aromatic carbocycles. The molecule has 0 bridgehead atoms. The number of aryl methyl sites for hydroxylation is 2. The first kappa shape index (κ1) is 13.5. The lowest BCUT2D eigenvalue weighted by Crippen LogP contribution is -2.17. The molecule has 0 amide bonds. The highest BCUT2D eigenvalue weighted by Gasteiger charge is 2.08. The largest absolute Gasteiger partial charge is 0.496 e. The minimum absolute atomic E-state index is 0.644. The summed E-state index contributed by atoms with van der Waals surface area (Å²) in [4.78, 5) is 6.33. The van der Waals surface area contributed by atoms with Crippen molar-refractivity contribution in [3.8, 4) is 5.75 Å². The van der Waals surface area contributed by atoms with Crippen molar-refractivity contribution in [2.45, 2.75) is 26.9 Å². The second-order valence-corrected chi connectivity index (χ2v) is 4.71. The van der Waals surface area contributed by atoms with Crippen LogP contribution >= 0.6 is 0 Å². The van der Waals surface area contributed by atoms with Crippen LogP contribution in [0, 0.1) is 13.8 Å². The fraction of sp³-hybridized carbons (Fsp3) is 0.429. The van der Waals surface area contributed by atoms with Gasteiger partial charge in [0.05, 0.1) is 13.7 Å². The van der Waals surface area contributed by atoms with E-state index in [1.54, 1.807) is 7.11 Å². The minimum atomic E-state index is 0.644. The summed E-state index contributed by atoms with van der Waals surface area (Å²) in [5, 5.41) is 3.78. The van der Waals surface area contributed by atoms with E-state index in [-0.39, 0.29) is 0 Å². The van der Waals surface area contributed by atoms with Crippen molar-refractivity contribution in [3.05, 3.63) is 41.0 Å². The number of hydrogen-bond acceptors (Lipinski definition) is 5. The van der Waals surface area contributed by atoms with Crippen molar-refractivity contribution in [2.75, 3.05) is 14.2 Å². The molecule has 2 aromatic rings. The highest BCUT2D eigenvalue weighted by Crippen LogP contribution is 2.19. The van der Waals surface area contributed by atoms with E-state index in [9.17, 15) is 0 Å². The molecule has 0 aliphatic carbocycles. The van der Waals surface area contributed by atoms with Gasteiger partial charge < -0.3 is 9.26 Å². The molecule has 19 heavy (non-hydrogen) atoms. The Bertz CT molecular complexity index is 551. The molecular formula is C14H19N3O2. The Balaban J connectivity index is 1.98. The van der Waals surface area contributed by atoms with Crippen LogP contribution < -0.4 is 4.74 Å². The lowest BCUT2D eigenvalue weighted by molar-refractivity contribution is 0.260. The molecule has 0 spiro atoms. The Morgan fingerprint density at radius 3 is 2.63 bits per heavy atom. The zero-order chi connectivity index (χ0) is 13.8. The molecule has 102 valence electrons. The summed E-state index contributed by atoms with van der Waals surface area (Å²) in [6.45, 7) is 5.34. The van der Waals surface area contributed by atoms with E-state index in [2.05, 4.69) is 27.2 Å². The number of hydrogen-bond donors (Lipinski definition) is 0. The first-order valence-electron chi connectivity index (χ1n) is 6.19. The Morgan fingerprint density at radius 1 is 1.26 bits per heavy atom. The van der Waals surface area contributed by atoms with Gasteiger partial charge in [0.1, 0.15) is 5.75 Å². The van der Waals surface area contributed by atoms with Gasteiger partial charge in [0.15, 0.2) is 5.82 Å². The summed E-state index contributed by atoms with van der Waals surface area (Å²) in [5.74, 6) is 2.23. The van der Waals surface area contributed by atoms with Gasteiger partial charge in [-0.25, -0.2) is 0 Å². The number of methoxy groups -OCH3 is 1. The number of benzene rings is 1. The van der Waals surface area contributed by atoms with Crippen LogP contribution in [0.15, 0.2) is 22.7 Å². The molecule has 0 saturated carbocycles. The Kier molecular flexibility index (Phi) is 4.16. The third kappa shape index (κ3) is 3.54. The predicted molar refractivity (Wildman–Crippen MR) is 71.9 cm³/mol. The average Bonchev–Trinajstić information content (AvgIpc) is 2.74. The lowest BCUT2D eigenvalue weighted by atomic mass is 10.1. The number of ether oxygens (including phenoxy) is 1. The quantitative estimate of drug-likeness (QED) is 0.826. The average molecular weight is 261 g/mol. The van der Waals surface area contributed by atoms with Crippen LogP contribution in [0.1, 0.15) is 22.8 Å². The molecule has 0 N–H and O–H groups in total. The Labute approximate surface area is 113 Å². The third-order valence-electron chi connectivity index (χ3n) is 2.89. The summed E-state index contributed by atoms with van der Waals surface area (Å²) in [6, 6.07) is 6.20. The normalized spacial score (nSPS) is 11.0. The first-order chi connectivity index (χ1) is 9.08. The van der Waals surface area contributed by atoms with Gasteiger partial charge in [-0.15, -0.1) is 0 Å². The molecule has 0 radical (unpaired) electrons. The van der Waals surface area contributed by atoms with Crippen LogP contribution in [0.4, 0.5) is 0 Å². The van der Waals surface area contributed by atoms with Crippen molar-refractivity contribution in [3.63, 3.8) is 0 Å². The highest BCUT2D eigenvalue weighted by molar-refractivity contribution is 5.36. The number of rotatable bonds is 5. The molecule has 5 heteroatoms. The van der Waals surface area contributed by atoms with E-state index in [1.807, 2.05) is 27.0 Å². The zero-order valence-corrected chi connectivity index (χ0v) is 11.8. The predicted octanol–water partition coefficient (Wildman–Crippen LogP) is 2.33. The van der Waals surface area contributed by atoms with Crippen LogP contribution in [0.5, 0.6) is 5.75 Å². The van der Waals surface area contributed by atoms with E-state index >= 15 is 0 Å². The smallest absolute Gasteiger partial charge is 0.240 e. The number of aromatic nitrogens is 2. The fourth-order valence-electron chi connectivity index (χ4n) is 2.04. The maximum Gasteiger partial charge on any atom is 0.240 e. The van der Waals surface area contributed by atoms with E-state index < -0.39 is 0 Å². The van der Waals surface area contributed by atoms with Crippen molar-refractivity contribution in [1.82, 2.24) is 15.0 Å². The summed E-state index contributed by atoms with van der Waals surface area (Å²) < 4.78 is 10.4. The summed E-state index contributed by atoms with van der Waals surface area (Å²) in [5.41, 5.74) is 2.37. The van der Waals surface area contributed by atoms with Crippen LogP contribution in [-0.2, 0) is 13.1 Å². The van der Waals surface area contributed by atoms with Crippen molar-refractivity contribution in [1.29, 1.82) is 0 Å². The Morgan fingerprint density at radius 2 is 2.05 bits per heavy atom. The molecule has 0 aliphatic rings. The van der Waals surface area contributed by atoms with Gasteiger partial charge in [-0.05, 0) is 38.1 Å². The Hall–Kier alpha value is -1.88. The molecule has 0 unspecified atom stereocenters. The maximum absolute atomic E-state index is 5.26.